The van der Waals surface area contributed by atoms with Gasteiger partial charge in [0, 0.05) is 59.1 Å². The number of aromatic nitrogens is 6. The van der Waals surface area contributed by atoms with Gasteiger partial charge in [-0.25, -0.2) is 14.6 Å². The maximum absolute atomic E-state index is 12.6. The van der Waals surface area contributed by atoms with E-state index in [1.165, 1.54) is 36.7 Å². The molecule has 1 aliphatic heterocycles. The van der Waals surface area contributed by atoms with Crippen LogP contribution in [0.15, 0.2) is 90.2 Å². The number of benzene rings is 2. The fourth-order valence-electron chi connectivity index (χ4n) is 4.91. The number of likely N-dealkylation sites (tertiary alicyclic amines) is 1. The molecule has 0 unspecified atom stereocenters. The lowest BCUT2D eigenvalue weighted by atomic mass is 10.1. The summed E-state index contributed by atoms with van der Waals surface area (Å²) in [5, 5.41) is 9.09. The zero-order valence-corrected chi connectivity index (χ0v) is 21.6. The molecule has 0 aliphatic carbocycles. The van der Waals surface area contributed by atoms with Crippen molar-refractivity contribution >= 4 is 5.69 Å². The largest absolute Gasteiger partial charge is 0.399 e. The first-order valence-corrected chi connectivity index (χ1v) is 13.2. The molecule has 6 rings (SSSR count). The summed E-state index contributed by atoms with van der Waals surface area (Å²) in [6, 6.07) is 18.6. The van der Waals surface area contributed by atoms with Crippen LogP contribution in [0.5, 0.6) is 0 Å². The topological polar surface area (TPSA) is 108 Å². The Balaban J connectivity index is 1.16. The highest BCUT2D eigenvalue weighted by Crippen LogP contribution is 2.22. The zero-order chi connectivity index (χ0) is 26.6. The van der Waals surface area contributed by atoms with Crippen LogP contribution in [0, 0.1) is 0 Å². The molecule has 0 atom stereocenters. The Morgan fingerprint density at radius 3 is 2.41 bits per heavy atom. The molecule has 3 aromatic heterocycles. The number of hydrogen-bond donors (Lipinski definition) is 1. The summed E-state index contributed by atoms with van der Waals surface area (Å²) >= 11 is 0. The van der Waals surface area contributed by atoms with E-state index in [9.17, 15) is 4.79 Å². The lowest BCUT2D eigenvalue weighted by Gasteiger charge is -2.13. The van der Waals surface area contributed by atoms with Gasteiger partial charge in [0.1, 0.15) is 0 Å². The second-order valence-corrected chi connectivity index (χ2v) is 9.88. The third-order valence-corrected chi connectivity index (χ3v) is 7.03. The Bertz CT molecular complexity index is 1630. The number of anilines is 1. The molecule has 9 heteroatoms. The second-order valence-electron chi connectivity index (χ2n) is 9.88. The van der Waals surface area contributed by atoms with Crippen LogP contribution in [-0.4, -0.2) is 54.1 Å². The maximum atomic E-state index is 12.6. The first-order chi connectivity index (χ1) is 19.1. The molecule has 0 amide bonds. The Kier molecular flexibility index (Phi) is 6.97. The molecule has 4 heterocycles. The van der Waals surface area contributed by atoms with E-state index >= 15 is 0 Å². The average molecular weight is 519 g/mol. The van der Waals surface area contributed by atoms with Gasteiger partial charge in [0.25, 0.3) is 5.56 Å². The number of nitrogens with zero attached hydrogens (tertiary/aromatic N) is 7. The number of nitrogens with two attached hydrogens (primary N) is 1. The highest BCUT2D eigenvalue weighted by Gasteiger charge is 2.12. The first kappa shape index (κ1) is 24.7. The summed E-state index contributed by atoms with van der Waals surface area (Å²) in [5.74, 6) is 0.621. The number of nitrogen functional groups attached to an aromatic ring is 1. The standard InChI is InChI=1S/C30H30N8O/c31-27-8-4-6-23(16-27)28-9-10-29(39)38(35-28)20-22-5-3-7-24(15-22)30-32-17-25(18-33-30)26-19-34-37(21-26)14-13-36-11-1-2-12-36/h3-10,15-19,21H,1-2,11-14,20,31H2. The molecule has 2 N–H and O–H groups in total. The van der Waals surface area contributed by atoms with Crippen molar-refractivity contribution < 1.29 is 0 Å². The van der Waals surface area contributed by atoms with Gasteiger partial charge in [-0.3, -0.25) is 9.48 Å². The summed E-state index contributed by atoms with van der Waals surface area (Å²) in [6.45, 7) is 4.62. The summed E-state index contributed by atoms with van der Waals surface area (Å²) < 4.78 is 3.45. The normalized spacial score (nSPS) is 13.6. The highest BCUT2D eigenvalue weighted by atomic mass is 16.1. The van der Waals surface area contributed by atoms with E-state index in [1.807, 2.05) is 71.8 Å². The summed E-state index contributed by atoms with van der Waals surface area (Å²) in [5.41, 5.74) is 11.7. The molecule has 5 aromatic rings. The summed E-state index contributed by atoms with van der Waals surface area (Å²) in [4.78, 5) is 24.3. The first-order valence-electron chi connectivity index (χ1n) is 13.2. The third-order valence-electron chi connectivity index (χ3n) is 7.03. The van der Waals surface area contributed by atoms with Gasteiger partial charge in [-0.1, -0.05) is 30.3 Å². The van der Waals surface area contributed by atoms with Gasteiger partial charge in [-0.15, -0.1) is 0 Å². The minimum Gasteiger partial charge on any atom is -0.399 e. The van der Waals surface area contributed by atoms with E-state index in [0.29, 0.717) is 23.8 Å². The molecule has 0 spiro atoms. The zero-order valence-electron chi connectivity index (χ0n) is 21.6. The van der Waals surface area contributed by atoms with Crippen LogP contribution >= 0.6 is 0 Å². The van der Waals surface area contributed by atoms with E-state index in [-0.39, 0.29) is 5.56 Å². The number of hydrogen-bond acceptors (Lipinski definition) is 7. The van der Waals surface area contributed by atoms with E-state index < -0.39 is 0 Å². The van der Waals surface area contributed by atoms with Crippen LogP contribution in [0.2, 0.25) is 0 Å². The smallest absolute Gasteiger partial charge is 0.267 e. The number of rotatable bonds is 8. The van der Waals surface area contributed by atoms with Crippen molar-refractivity contribution in [3.63, 3.8) is 0 Å². The van der Waals surface area contributed by atoms with Gasteiger partial charge >= 0.3 is 0 Å². The van der Waals surface area contributed by atoms with E-state index in [0.717, 1.165) is 40.9 Å². The predicted molar refractivity (Wildman–Crippen MR) is 152 cm³/mol. The maximum Gasteiger partial charge on any atom is 0.267 e. The molecule has 1 saturated heterocycles. The third kappa shape index (κ3) is 5.78. The molecule has 196 valence electrons. The monoisotopic (exact) mass is 518 g/mol. The van der Waals surface area contributed by atoms with E-state index in [2.05, 4.69) is 31.3 Å². The molecular weight excluding hydrogens is 488 g/mol. The van der Waals surface area contributed by atoms with Crippen LogP contribution < -0.4 is 11.3 Å². The van der Waals surface area contributed by atoms with E-state index in [1.54, 1.807) is 6.07 Å². The second kappa shape index (κ2) is 11.0. The van der Waals surface area contributed by atoms with Crippen molar-refractivity contribution in [2.45, 2.75) is 25.9 Å². The highest BCUT2D eigenvalue weighted by molar-refractivity contribution is 5.64. The average Bonchev–Trinajstić information content (AvgIpc) is 3.66. The summed E-state index contributed by atoms with van der Waals surface area (Å²) in [6.07, 6.45) is 10.2. The van der Waals surface area contributed by atoms with Gasteiger partial charge in [0.2, 0.25) is 0 Å². The molecular formula is C30H30N8O. The van der Waals surface area contributed by atoms with Crippen molar-refractivity contribution in [3.05, 3.63) is 101 Å². The molecule has 0 bridgehead atoms. The molecule has 39 heavy (non-hydrogen) atoms. The van der Waals surface area contributed by atoms with Crippen molar-refractivity contribution in [1.29, 1.82) is 0 Å². The van der Waals surface area contributed by atoms with Gasteiger partial charge < -0.3 is 10.6 Å². The Morgan fingerprint density at radius 1 is 0.795 bits per heavy atom. The molecule has 0 saturated carbocycles. The van der Waals surface area contributed by atoms with Gasteiger partial charge in [-0.05, 0) is 55.8 Å². The van der Waals surface area contributed by atoms with Crippen molar-refractivity contribution in [2.75, 3.05) is 25.4 Å². The van der Waals surface area contributed by atoms with Crippen LogP contribution in [0.25, 0.3) is 33.8 Å². The fraction of sp³-hybridized carbons (Fsp3) is 0.233. The minimum atomic E-state index is -0.172. The molecule has 1 aliphatic rings. The van der Waals surface area contributed by atoms with Gasteiger partial charge in [0.05, 0.1) is 25.0 Å². The minimum absolute atomic E-state index is 0.172. The van der Waals surface area contributed by atoms with Crippen molar-refractivity contribution in [2.24, 2.45) is 0 Å². The van der Waals surface area contributed by atoms with E-state index in [4.69, 9.17) is 5.73 Å². The lowest BCUT2D eigenvalue weighted by molar-refractivity contribution is 0.316. The van der Waals surface area contributed by atoms with Crippen LogP contribution in [0.3, 0.4) is 0 Å². The predicted octanol–water partition coefficient (Wildman–Crippen LogP) is 3.96. The summed E-state index contributed by atoms with van der Waals surface area (Å²) in [7, 11) is 0. The van der Waals surface area contributed by atoms with Gasteiger partial charge in [-0.2, -0.15) is 10.2 Å². The van der Waals surface area contributed by atoms with Crippen molar-refractivity contribution in [1.82, 2.24) is 34.4 Å². The molecule has 2 aromatic carbocycles. The quantitative estimate of drug-likeness (QED) is 0.310. The SMILES string of the molecule is Nc1cccc(-c2ccc(=O)n(Cc3cccc(-c4ncc(-c5cnn(CCN6CCCC6)c5)cn4)c3)n2)c1. The molecule has 9 nitrogen and oxygen atoms in total. The Morgan fingerprint density at radius 2 is 1.59 bits per heavy atom. The molecule has 1 fully saturated rings. The van der Waals surface area contributed by atoms with Gasteiger partial charge in [0.15, 0.2) is 5.82 Å². The van der Waals surface area contributed by atoms with Crippen molar-refractivity contribution in [3.8, 4) is 33.8 Å². The van der Waals surface area contributed by atoms with Crippen LogP contribution in [-0.2, 0) is 13.1 Å². The lowest BCUT2D eigenvalue weighted by Crippen LogP contribution is -2.24. The van der Waals surface area contributed by atoms with Crippen LogP contribution in [0.1, 0.15) is 18.4 Å². The molecule has 0 radical (unpaired) electrons. The Labute approximate surface area is 226 Å². The van der Waals surface area contributed by atoms with Crippen LogP contribution in [0.4, 0.5) is 5.69 Å². The fourth-order valence-corrected chi connectivity index (χ4v) is 4.91. The Hall–Kier alpha value is -4.63.